The van der Waals surface area contributed by atoms with E-state index in [-0.39, 0.29) is 30.0 Å². The predicted molar refractivity (Wildman–Crippen MR) is 91.6 cm³/mol. The highest BCUT2D eigenvalue weighted by molar-refractivity contribution is 5.92. The lowest BCUT2D eigenvalue weighted by molar-refractivity contribution is 0.0917. The second-order valence-corrected chi connectivity index (χ2v) is 7.09. The molecule has 2 aromatic heterocycles. The summed E-state index contributed by atoms with van der Waals surface area (Å²) >= 11 is 0. The molecule has 1 atom stereocenters. The van der Waals surface area contributed by atoms with Crippen LogP contribution in [0.15, 0.2) is 12.5 Å². The lowest BCUT2D eigenvalue weighted by Gasteiger charge is -2.25. The van der Waals surface area contributed by atoms with Crippen molar-refractivity contribution in [2.45, 2.75) is 57.7 Å². The van der Waals surface area contributed by atoms with Crippen molar-refractivity contribution in [2.24, 2.45) is 18.7 Å². The van der Waals surface area contributed by atoms with Gasteiger partial charge in [-0.25, -0.2) is 9.67 Å². The number of aryl methyl sites for hydroxylation is 1. The number of nitrogens with one attached hydrogen (secondary N) is 1. The van der Waals surface area contributed by atoms with E-state index in [9.17, 15) is 4.79 Å². The maximum atomic E-state index is 12.6. The SMILES string of the molecule is CC(C)[C@@H](NC(=O)c1cn(C2CCC(N)CC2)nn1)c1ncnn1C. The molecule has 0 aromatic carbocycles. The molecule has 1 fully saturated rings. The third-order valence-electron chi connectivity index (χ3n) is 4.84. The molecule has 0 saturated heterocycles. The van der Waals surface area contributed by atoms with E-state index in [1.54, 1.807) is 15.6 Å². The zero-order chi connectivity index (χ0) is 18.0. The molecule has 0 radical (unpaired) electrons. The van der Waals surface area contributed by atoms with Crippen LogP contribution in [-0.4, -0.2) is 41.7 Å². The highest BCUT2D eigenvalue weighted by Crippen LogP contribution is 2.27. The Hall–Kier alpha value is -2.29. The Morgan fingerprint density at radius 2 is 2.04 bits per heavy atom. The molecule has 0 bridgehead atoms. The third kappa shape index (κ3) is 3.87. The first-order valence-corrected chi connectivity index (χ1v) is 8.78. The van der Waals surface area contributed by atoms with E-state index < -0.39 is 0 Å². The second kappa shape index (κ2) is 7.30. The normalized spacial score (nSPS) is 22.1. The zero-order valence-corrected chi connectivity index (χ0v) is 15.0. The highest BCUT2D eigenvalue weighted by Gasteiger charge is 2.26. The molecule has 0 spiro atoms. The quantitative estimate of drug-likeness (QED) is 0.833. The summed E-state index contributed by atoms with van der Waals surface area (Å²) in [6.45, 7) is 4.06. The second-order valence-electron chi connectivity index (χ2n) is 7.09. The Morgan fingerprint density at radius 1 is 1.32 bits per heavy atom. The largest absolute Gasteiger partial charge is 0.340 e. The van der Waals surface area contributed by atoms with Gasteiger partial charge in [-0.15, -0.1) is 5.10 Å². The molecule has 1 aliphatic carbocycles. The van der Waals surface area contributed by atoms with E-state index >= 15 is 0 Å². The standard InChI is InChI=1S/C16H26N8O/c1-10(2)14(15-18-9-19-23(15)3)20-16(25)13-8-24(22-21-13)12-6-4-11(17)5-7-12/h8-12,14H,4-7,17H2,1-3H3,(H,20,25)/t11?,12?,14-/m1/s1. The molecule has 136 valence electrons. The van der Waals surface area contributed by atoms with Crippen molar-refractivity contribution >= 4 is 5.91 Å². The molecule has 0 aliphatic heterocycles. The smallest absolute Gasteiger partial charge is 0.274 e. The third-order valence-corrected chi connectivity index (χ3v) is 4.84. The van der Waals surface area contributed by atoms with Gasteiger partial charge in [-0.1, -0.05) is 19.1 Å². The van der Waals surface area contributed by atoms with Crippen molar-refractivity contribution in [2.75, 3.05) is 0 Å². The summed E-state index contributed by atoms with van der Waals surface area (Å²) in [4.78, 5) is 16.9. The minimum atomic E-state index is -0.250. The Bertz CT molecular complexity index is 713. The van der Waals surface area contributed by atoms with E-state index in [0.717, 1.165) is 31.5 Å². The summed E-state index contributed by atoms with van der Waals surface area (Å²) < 4.78 is 3.47. The number of nitrogens with zero attached hydrogens (tertiary/aromatic N) is 6. The summed E-state index contributed by atoms with van der Waals surface area (Å²) in [6, 6.07) is 0.312. The van der Waals surface area contributed by atoms with Crippen molar-refractivity contribution in [3.05, 3.63) is 24.0 Å². The predicted octanol–water partition coefficient (Wildman–Crippen LogP) is 0.976. The number of carbonyl (C=O) groups excluding carboxylic acids is 1. The van der Waals surface area contributed by atoms with Crippen LogP contribution in [0.2, 0.25) is 0 Å². The topological polar surface area (TPSA) is 117 Å². The fourth-order valence-electron chi connectivity index (χ4n) is 3.26. The number of hydrogen-bond acceptors (Lipinski definition) is 6. The van der Waals surface area contributed by atoms with Gasteiger partial charge in [-0.2, -0.15) is 5.10 Å². The van der Waals surface area contributed by atoms with Crippen LogP contribution in [0.3, 0.4) is 0 Å². The van der Waals surface area contributed by atoms with Gasteiger partial charge in [-0.3, -0.25) is 9.48 Å². The van der Waals surface area contributed by atoms with Crippen LogP contribution in [0, 0.1) is 5.92 Å². The van der Waals surface area contributed by atoms with Gasteiger partial charge in [-0.05, 0) is 31.6 Å². The number of carbonyl (C=O) groups is 1. The highest BCUT2D eigenvalue weighted by atomic mass is 16.2. The van der Waals surface area contributed by atoms with E-state index in [2.05, 4.69) is 25.7 Å². The van der Waals surface area contributed by atoms with Crippen LogP contribution < -0.4 is 11.1 Å². The summed E-state index contributed by atoms with van der Waals surface area (Å²) in [5.41, 5.74) is 6.27. The Labute approximate surface area is 147 Å². The van der Waals surface area contributed by atoms with Crippen LogP contribution >= 0.6 is 0 Å². The van der Waals surface area contributed by atoms with Gasteiger partial charge in [0.2, 0.25) is 0 Å². The van der Waals surface area contributed by atoms with Crippen molar-refractivity contribution in [3.63, 3.8) is 0 Å². The van der Waals surface area contributed by atoms with Gasteiger partial charge in [0.1, 0.15) is 12.2 Å². The van der Waals surface area contributed by atoms with Gasteiger partial charge >= 0.3 is 0 Å². The van der Waals surface area contributed by atoms with Crippen molar-refractivity contribution in [3.8, 4) is 0 Å². The van der Waals surface area contributed by atoms with E-state index in [1.165, 1.54) is 6.33 Å². The van der Waals surface area contributed by atoms with Gasteiger partial charge in [0.15, 0.2) is 5.69 Å². The minimum absolute atomic E-state index is 0.168. The summed E-state index contributed by atoms with van der Waals surface area (Å²) in [5, 5.41) is 15.3. The van der Waals surface area contributed by atoms with Crippen molar-refractivity contribution < 1.29 is 4.79 Å². The van der Waals surface area contributed by atoms with Gasteiger partial charge in [0.25, 0.3) is 5.91 Å². The van der Waals surface area contributed by atoms with Gasteiger partial charge < -0.3 is 11.1 Å². The van der Waals surface area contributed by atoms with Crippen LogP contribution in [-0.2, 0) is 7.05 Å². The van der Waals surface area contributed by atoms with Crippen LogP contribution in [0.4, 0.5) is 0 Å². The molecule has 9 nitrogen and oxygen atoms in total. The van der Waals surface area contributed by atoms with E-state index in [1.807, 2.05) is 20.9 Å². The fourth-order valence-corrected chi connectivity index (χ4v) is 3.26. The minimum Gasteiger partial charge on any atom is -0.340 e. The lowest BCUT2D eigenvalue weighted by Crippen LogP contribution is -2.33. The Balaban J connectivity index is 1.69. The van der Waals surface area contributed by atoms with E-state index in [4.69, 9.17) is 5.73 Å². The van der Waals surface area contributed by atoms with Crippen molar-refractivity contribution in [1.82, 2.24) is 35.1 Å². The number of rotatable bonds is 5. The molecule has 3 rings (SSSR count). The molecule has 1 saturated carbocycles. The molecule has 1 amide bonds. The lowest BCUT2D eigenvalue weighted by atomic mass is 9.92. The van der Waals surface area contributed by atoms with Gasteiger partial charge in [0, 0.05) is 13.1 Å². The molecule has 9 heteroatoms. The number of amides is 1. The average molecular weight is 346 g/mol. The molecular formula is C16H26N8O. The number of aromatic nitrogens is 6. The number of hydrogen-bond donors (Lipinski definition) is 2. The van der Waals surface area contributed by atoms with E-state index in [0.29, 0.717) is 5.69 Å². The number of nitrogens with two attached hydrogens (primary N) is 1. The van der Waals surface area contributed by atoms with Crippen molar-refractivity contribution in [1.29, 1.82) is 0 Å². The fraction of sp³-hybridized carbons (Fsp3) is 0.688. The monoisotopic (exact) mass is 346 g/mol. The van der Waals surface area contributed by atoms with Crippen LogP contribution in [0.25, 0.3) is 0 Å². The molecular weight excluding hydrogens is 320 g/mol. The molecule has 0 unspecified atom stereocenters. The average Bonchev–Trinajstić information content (AvgIpc) is 3.22. The maximum absolute atomic E-state index is 12.6. The first kappa shape index (κ1) is 17.5. The molecule has 2 aromatic rings. The summed E-state index contributed by atoms with van der Waals surface area (Å²) in [7, 11) is 1.81. The molecule has 1 aliphatic rings. The first-order chi connectivity index (χ1) is 12.0. The molecule has 3 N–H and O–H groups in total. The van der Waals surface area contributed by atoms with Crippen LogP contribution in [0.5, 0.6) is 0 Å². The Kier molecular flexibility index (Phi) is 5.12. The van der Waals surface area contributed by atoms with Crippen LogP contribution in [0.1, 0.15) is 67.9 Å². The maximum Gasteiger partial charge on any atom is 0.274 e. The zero-order valence-electron chi connectivity index (χ0n) is 15.0. The first-order valence-electron chi connectivity index (χ1n) is 8.78. The molecule has 2 heterocycles. The Morgan fingerprint density at radius 3 is 2.64 bits per heavy atom. The summed E-state index contributed by atoms with van der Waals surface area (Å²) in [5.74, 6) is 0.638. The summed E-state index contributed by atoms with van der Waals surface area (Å²) in [6.07, 6.45) is 7.12. The molecule has 25 heavy (non-hydrogen) atoms. The van der Waals surface area contributed by atoms with Gasteiger partial charge in [0.05, 0.1) is 18.3 Å².